The summed E-state index contributed by atoms with van der Waals surface area (Å²) in [5.41, 5.74) is 0.578. The topological polar surface area (TPSA) is 70.2 Å². The summed E-state index contributed by atoms with van der Waals surface area (Å²) < 4.78 is 35.2. The SMILES string of the molecule is Cn1cc(C#CC(C)(C)C)c(-c2cc([N+](=O)[O-])ccc2OCc2c(F)cccc2F)n1. The number of hydrogen-bond donors (Lipinski definition) is 0. The first-order valence-electron chi connectivity index (χ1n) is 9.46. The molecule has 0 saturated heterocycles. The molecule has 0 aliphatic rings. The summed E-state index contributed by atoms with van der Waals surface area (Å²) in [5, 5.41) is 15.7. The van der Waals surface area contributed by atoms with Crippen molar-refractivity contribution < 1.29 is 18.4 Å². The fourth-order valence-corrected chi connectivity index (χ4v) is 2.80. The van der Waals surface area contributed by atoms with Gasteiger partial charge in [-0.25, -0.2) is 8.78 Å². The van der Waals surface area contributed by atoms with Crippen LogP contribution in [0.2, 0.25) is 0 Å². The number of halogens is 2. The van der Waals surface area contributed by atoms with Crippen LogP contribution in [-0.4, -0.2) is 14.7 Å². The van der Waals surface area contributed by atoms with Crippen LogP contribution in [0.4, 0.5) is 14.5 Å². The fraction of sp³-hybridized carbons (Fsp3) is 0.261. The predicted octanol–water partition coefficient (Wildman–Crippen LogP) is 5.25. The molecule has 6 nitrogen and oxygen atoms in total. The van der Waals surface area contributed by atoms with E-state index in [0.29, 0.717) is 16.8 Å². The number of aryl methyl sites for hydroxylation is 1. The Bertz CT molecular complexity index is 1180. The van der Waals surface area contributed by atoms with Gasteiger partial charge in [0.1, 0.15) is 29.7 Å². The largest absolute Gasteiger partial charge is 0.488 e. The second kappa shape index (κ2) is 8.56. The van der Waals surface area contributed by atoms with Gasteiger partial charge < -0.3 is 4.74 Å². The Morgan fingerprint density at radius 3 is 2.48 bits per heavy atom. The maximum absolute atomic E-state index is 14.0. The summed E-state index contributed by atoms with van der Waals surface area (Å²) in [6.07, 6.45) is 1.70. The Morgan fingerprint density at radius 1 is 1.19 bits per heavy atom. The molecule has 0 aliphatic heterocycles. The van der Waals surface area contributed by atoms with Crippen molar-refractivity contribution >= 4 is 5.69 Å². The molecule has 1 aromatic heterocycles. The van der Waals surface area contributed by atoms with E-state index in [9.17, 15) is 18.9 Å². The second-order valence-corrected chi connectivity index (χ2v) is 7.99. The van der Waals surface area contributed by atoms with Gasteiger partial charge in [-0.2, -0.15) is 5.10 Å². The molecule has 0 N–H and O–H groups in total. The van der Waals surface area contributed by atoms with Gasteiger partial charge in [0.25, 0.3) is 5.69 Å². The summed E-state index contributed by atoms with van der Waals surface area (Å²) in [6, 6.07) is 7.51. The van der Waals surface area contributed by atoms with Gasteiger partial charge >= 0.3 is 0 Å². The third-order valence-electron chi connectivity index (χ3n) is 4.26. The lowest BCUT2D eigenvalue weighted by Gasteiger charge is -2.12. The zero-order valence-corrected chi connectivity index (χ0v) is 17.6. The molecule has 0 saturated carbocycles. The minimum atomic E-state index is -0.738. The van der Waals surface area contributed by atoms with Crippen molar-refractivity contribution in [1.29, 1.82) is 0 Å². The van der Waals surface area contributed by atoms with Crippen LogP contribution in [0.5, 0.6) is 5.75 Å². The van der Waals surface area contributed by atoms with E-state index in [1.54, 1.807) is 17.9 Å². The molecule has 0 unspecified atom stereocenters. The number of hydrogen-bond acceptors (Lipinski definition) is 4. The molecule has 0 aliphatic carbocycles. The van der Waals surface area contributed by atoms with Crippen LogP contribution in [-0.2, 0) is 13.7 Å². The first-order chi connectivity index (χ1) is 14.5. The number of benzene rings is 2. The van der Waals surface area contributed by atoms with Crippen LogP contribution < -0.4 is 4.74 Å². The zero-order chi connectivity index (χ0) is 22.8. The van der Waals surface area contributed by atoms with Crippen LogP contribution in [0.1, 0.15) is 31.9 Å². The highest BCUT2D eigenvalue weighted by molar-refractivity contribution is 5.75. The molecule has 0 amide bonds. The quantitative estimate of drug-likeness (QED) is 0.318. The third kappa shape index (κ3) is 5.25. The Balaban J connectivity index is 2.08. The maximum Gasteiger partial charge on any atom is 0.270 e. The Kier molecular flexibility index (Phi) is 6.07. The summed E-state index contributed by atoms with van der Waals surface area (Å²) in [6.45, 7) is 5.49. The lowest BCUT2D eigenvalue weighted by atomic mass is 9.97. The Labute approximate surface area is 178 Å². The third-order valence-corrected chi connectivity index (χ3v) is 4.26. The number of rotatable bonds is 5. The smallest absolute Gasteiger partial charge is 0.270 e. The molecule has 0 spiro atoms. The van der Waals surface area contributed by atoms with Crippen LogP contribution in [0, 0.1) is 39.0 Å². The summed E-state index contributed by atoms with van der Waals surface area (Å²) in [4.78, 5) is 10.8. The number of non-ortho nitro benzene ring substituents is 1. The van der Waals surface area contributed by atoms with Gasteiger partial charge in [0.2, 0.25) is 0 Å². The average molecular weight is 425 g/mol. The number of nitrogens with zero attached hydrogens (tertiary/aromatic N) is 3. The van der Waals surface area contributed by atoms with Crippen molar-refractivity contribution in [3.63, 3.8) is 0 Å². The molecule has 2 aromatic carbocycles. The lowest BCUT2D eigenvalue weighted by molar-refractivity contribution is -0.384. The molecular weight excluding hydrogens is 404 g/mol. The molecule has 8 heteroatoms. The van der Waals surface area contributed by atoms with Gasteiger partial charge in [0.15, 0.2) is 0 Å². The van der Waals surface area contributed by atoms with Crippen LogP contribution >= 0.6 is 0 Å². The summed E-state index contributed by atoms with van der Waals surface area (Å²) in [7, 11) is 1.71. The Morgan fingerprint density at radius 2 is 1.87 bits per heavy atom. The van der Waals surface area contributed by atoms with Gasteiger partial charge in [-0.15, -0.1) is 0 Å². The van der Waals surface area contributed by atoms with Crippen molar-refractivity contribution in [3.05, 3.63) is 75.5 Å². The zero-order valence-electron chi connectivity index (χ0n) is 17.6. The first-order valence-corrected chi connectivity index (χ1v) is 9.46. The van der Waals surface area contributed by atoms with Crippen molar-refractivity contribution in [2.75, 3.05) is 0 Å². The number of aromatic nitrogens is 2. The van der Waals surface area contributed by atoms with Gasteiger partial charge in [-0.05, 0) is 39.0 Å². The van der Waals surface area contributed by atoms with E-state index >= 15 is 0 Å². The summed E-state index contributed by atoms with van der Waals surface area (Å²) >= 11 is 0. The number of nitro benzene ring substituents is 1. The van der Waals surface area contributed by atoms with Crippen LogP contribution in [0.3, 0.4) is 0 Å². The van der Waals surface area contributed by atoms with Crippen LogP contribution in [0.15, 0.2) is 42.6 Å². The minimum Gasteiger partial charge on any atom is -0.488 e. The predicted molar refractivity (Wildman–Crippen MR) is 112 cm³/mol. The van der Waals surface area contributed by atoms with Crippen molar-refractivity contribution in [2.45, 2.75) is 27.4 Å². The second-order valence-electron chi connectivity index (χ2n) is 7.99. The standard InChI is InChI=1S/C23H21F2N3O3/c1-23(2,3)11-10-15-13-27(4)26-22(15)17-12-16(28(29)30)8-9-21(17)31-14-18-19(24)6-5-7-20(18)25/h5-9,12-13H,14H2,1-4H3. The van der Waals surface area contributed by atoms with Gasteiger partial charge in [-0.1, -0.05) is 17.9 Å². The van der Waals surface area contributed by atoms with E-state index in [1.165, 1.54) is 24.3 Å². The molecule has 0 fully saturated rings. The van der Waals surface area contributed by atoms with E-state index in [-0.39, 0.29) is 29.0 Å². The molecule has 3 rings (SSSR count). The van der Waals surface area contributed by atoms with E-state index in [1.807, 2.05) is 20.8 Å². The average Bonchev–Trinajstić information content (AvgIpc) is 3.06. The molecule has 1 heterocycles. The molecular formula is C23H21F2N3O3. The van der Waals surface area contributed by atoms with Crippen molar-refractivity contribution in [3.8, 4) is 28.8 Å². The summed E-state index contributed by atoms with van der Waals surface area (Å²) in [5.74, 6) is 4.90. The molecule has 160 valence electrons. The van der Waals surface area contributed by atoms with E-state index in [2.05, 4.69) is 16.9 Å². The van der Waals surface area contributed by atoms with E-state index in [0.717, 1.165) is 12.1 Å². The molecule has 0 radical (unpaired) electrons. The normalized spacial score (nSPS) is 11.0. The molecule has 0 bridgehead atoms. The van der Waals surface area contributed by atoms with Crippen molar-refractivity contribution in [2.24, 2.45) is 12.5 Å². The Hall–Kier alpha value is -3.73. The highest BCUT2D eigenvalue weighted by Crippen LogP contribution is 2.35. The fourth-order valence-electron chi connectivity index (χ4n) is 2.80. The highest BCUT2D eigenvalue weighted by Gasteiger charge is 2.20. The molecule has 0 atom stereocenters. The minimum absolute atomic E-state index is 0.167. The number of ether oxygens (including phenoxy) is 1. The number of nitro groups is 1. The van der Waals surface area contributed by atoms with Gasteiger partial charge in [-0.3, -0.25) is 14.8 Å². The monoisotopic (exact) mass is 425 g/mol. The van der Waals surface area contributed by atoms with E-state index < -0.39 is 16.6 Å². The first kappa shape index (κ1) is 22.0. The molecule has 3 aromatic rings. The van der Waals surface area contributed by atoms with Gasteiger partial charge in [0, 0.05) is 30.8 Å². The van der Waals surface area contributed by atoms with Crippen LogP contribution in [0.25, 0.3) is 11.3 Å². The highest BCUT2D eigenvalue weighted by atomic mass is 19.1. The van der Waals surface area contributed by atoms with Crippen molar-refractivity contribution in [1.82, 2.24) is 9.78 Å². The van der Waals surface area contributed by atoms with E-state index in [4.69, 9.17) is 4.74 Å². The van der Waals surface area contributed by atoms with Gasteiger partial charge in [0.05, 0.1) is 21.6 Å². The lowest BCUT2D eigenvalue weighted by Crippen LogP contribution is -2.03. The maximum atomic E-state index is 14.0. The molecule has 31 heavy (non-hydrogen) atoms.